The van der Waals surface area contributed by atoms with E-state index in [-0.39, 0.29) is 11.5 Å². The Morgan fingerprint density at radius 3 is 2.72 bits per heavy atom. The highest BCUT2D eigenvalue weighted by Crippen LogP contribution is 2.24. The SMILES string of the molecule is COc1cccc(NC(=O)C(C)Sc2nc(CSc3ccccc3)cc(=O)[nH]2)c1. The van der Waals surface area contributed by atoms with Crippen molar-refractivity contribution in [2.45, 2.75) is 28.0 Å². The third-order valence-electron chi connectivity index (χ3n) is 3.90. The smallest absolute Gasteiger partial charge is 0.251 e. The Hall–Kier alpha value is -2.71. The number of H-pyrrole nitrogens is 1. The molecule has 0 bridgehead atoms. The van der Waals surface area contributed by atoms with Crippen molar-refractivity contribution in [3.63, 3.8) is 0 Å². The predicted molar refractivity (Wildman–Crippen MR) is 118 cm³/mol. The minimum absolute atomic E-state index is 0.185. The highest BCUT2D eigenvalue weighted by Gasteiger charge is 2.17. The molecule has 2 N–H and O–H groups in total. The van der Waals surface area contributed by atoms with Gasteiger partial charge in [-0.2, -0.15) is 0 Å². The number of ether oxygens (including phenoxy) is 1. The number of thioether (sulfide) groups is 2. The summed E-state index contributed by atoms with van der Waals surface area (Å²) in [4.78, 5) is 32.8. The highest BCUT2D eigenvalue weighted by molar-refractivity contribution is 8.00. The molecular weight excluding hydrogens is 406 g/mol. The predicted octanol–water partition coefficient (Wildman–Crippen LogP) is 4.19. The number of aromatic nitrogens is 2. The lowest BCUT2D eigenvalue weighted by Crippen LogP contribution is -2.23. The van der Waals surface area contributed by atoms with E-state index in [9.17, 15) is 9.59 Å². The number of nitrogens with one attached hydrogen (secondary N) is 2. The molecule has 29 heavy (non-hydrogen) atoms. The molecule has 0 aliphatic carbocycles. The molecule has 6 nitrogen and oxygen atoms in total. The number of hydrogen-bond donors (Lipinski definition) is 2. The van der Waals surface area contributed by atoms with E-state index < -0.39 is 5.25 Å². The molecule has 1 atom stereocenters. The number of amides is 1. The van der Waals surface area contributed by atoms with E-state index in [0.717, 1.165) is 4.90 Å². The number of aromatic amines is 1. The summed E-state index contributed by atoms with van der Waals surface area (Å²) in [5.41, 5.74) is 1.09. The molecule has 150 valence electrons. The van der Waals surface area contributed by atoms with E-state index >= 15 is 0 Å². The summed E-state index contributed by atoms with van der Waals surface area (Å²) in [7, 11) is 1.57. The molecule has 8 heteroatoms. The fraction of sp³-hybridized carbons (Fsp3) is 0.190. The summed E-state index contributed by atoms with van der Waals surface area (Å²) >= 11 is 2.82. The summed E-state index contributed by atoms with van der Waals surface area (Å²) < 4.78 is 5.17. The maximum Gasteiger partial charge on any atom is 0.251 e. The number of rotatable bonds is 8. The van der Waals surface area contributed by atoms with E-state index in [2.05, 4.69) is 15.3 Å². The molecule has 0 spiro atoms. The van der Waals surface area contributed by atoms with Gasteiger partial charge in [0.05, 0.1) is 18.1 Å². The number of benzene rings is 2. The van der Waals surface area contributed by atoms with Gasteiger partial charge in [-0.15, -0.1) is 11.8 Å². The zero-order valence-electron chi connectivity index (χ0n) is 16.0. The maximum absolute atomic E-state index is 12.5. The van der Waals surface area contributed by atoms with Gasteiger partial charge in [0, 0.05) is 28.5 Å². The van der Waals surface area contributed by atoms with Gasteiger partial charge >= 0.3 is 0 Å². The standard InChI is InChI=1S/C21H21N3O3S2/c1-14(20(26)22-15-7-6-8-17(11-15)27-2)29-21-23-16(12-19(25)24-21)13-28-18-9-4-3-5-10-18/h3-12,14H,13H2,1-2H3,(H,22,26)(H,23,24,25). The van der Waals surface area contributed by atoms with Crippen LogP contribution in [-0.4, -0.2) is 28.2 Å². The van der Waals surface area contributed by atoms with E-state index in [1.165, 1.54) is 17.8 Å². The largest absolute Gasteiger partial charge is 0.497 e. The number of methoxy groups -OCH3 is 1. The first-order valence-corrected chi connectivity index (χ1v) is 10.8. The Morgan fingerprint density at radius 2 is 1.97 bits per heavy atom. The normalized spacial score (nSPS) is 11.7. The van der Waals surface area contributed by atoms with Gasteiger partial charge in [-0.25, -0.2) is 4.98 Å². The molecule has 0 saturated heterocycles. The lowest BCUT2D eigenvalue weighted by molar-refractivity contribution is -0.115. The minimum atomic E-state index is -0.443. The quantitative estimate of drug-likeness (QED) is 0.414. The van der Waals surface area contributed by atoms with Crippen LogP contribution in [0.4, 0.5) is 5.69 Å². The first kappa shape index (κ1) is 21.0. The Balaban J connectivity index is 1.63. The zero-order valence-corrected chi connectivity index (χ0v) is 17.7. The van der Waals surface area contributed by atoms with E-state index in [4.69, 9.17) is 4.74 Å². The fourth-order valence-electron chi connectivity index (χ4n) is 2.45. The van der Waals surface area contributed by atoms with Crippen LogP contribution < -0.4 is 15.6 Å². The van der Waals surface area contributed by atoms with Gasteiger partial charge in [0.2, 0.25) is 5.91 Å². The number of carbonyl (C=O) groups is 1. The van der Waals surface area contributed by atoms with Gasteiger partial charge in [0.15, 0.2) is 5.16 Å². The number of nitrogens with zero attached hydrogens (tertiary/aromatic N) is 1. The summed E-state index contributed by atoms with van der Waals surface area (Å²) in [5, 5.41) is 2.83. The van der Waals surface area contributed by atoms with Crippen molar-refractivity contribution in [1.82, 2.24) is 9.97 Å². The van der Waals surface area contributed by atoms with Crippen molar-refractivity contribution < 1.29 is 9.53 Å². The van der Waals surface area contributed by atoms with Gasteiger partial charge in [-0.3, -0.25) is 9.59 Å². The Morgan fingerprint density at radius 1 is 1.17 bits per heavy atom. The average Bonchev–Trinajstić information content (AvgIpc) is 2.72. The Kier molecular flexibility index (Phi) is 7.37. The average molecular weight is 428 g/mol. The van der Waals surface area contributed by atoms with Gasteiger partial charge in [-0.05, 0) is 31.2 Å². The molecule has 3 aromatic rings. The van der Waals surface area contributed by atoms with Gasteiger partial charge in [-0.1, -0.05) is 36.0 Å². The maximum atomic E-state index is 12.5. The van der Waals surface area contributed by atoms with Crippen molar-refractivity contribution in [1.29, 1.82) is 0 Å². The van der Waals surface area contributed by atoms with E-state index in [0.29, 0.717) is 28.0 Å². The summed E-state index contributed by atoms with van der Waals surface area (Å²) in [6.07, 6.45) is 0. The van der Waals surface area contributed by atoms with Crippen LogP contribution in [0.25, 0.3) is 0 Å². The molecule has 1 aromatic heterocycles. The number of anilines is 1. The summed E-state index contributed by atoms with van der Waals surface area (Å²) in [5.74, 6) is 1.05. The molecule has 3 rings (SSSR count). The molecule has 0 saturated carbocycles. The molecule has 0 radical (unpaired) electrons. The number of carbonyl (C=O) groups excluding carboxylic acids is 1. The van der Waals surface area contributed by atoms with Crippen LogP contribution in [0, 0.1) is 0 Å². The van der Waals surface area contributed by atoms with Crippen molar-refractivity contribution in [3.8, 4) is 5.75 Å². The van der Waals surface area contributed by atoms with Crippen molar-refractivity contribution in [2.24, 2.45) is 0 Å². The van der Waals surface area contributed by atoms with Crippen LogP contribution in [0.1, 0.15) is 12.6 Å². The lowest BCUT2D eigenvalue weighted by atomic mass is 10.3. The molecule has 0 fully saturated rings. The lowest BCUT2D eigenvalue weighted by Gasteiger charge is -2.12. The molecule has 1 amide bonds. The van der Waals surface area contributed by atoms with Crippen LogP contribution >= 0.6 is 23.5 Å². The highest BCUT2D eigenvalue weighted by atomic mass is 32.2. The molecule has 1 unspecified atom stereocenters. The first-order valence-electron chi connectivity index (χ1n) is 8.93. The fourth-order valence-corrected chi connectivity index (χ4v) is 4.10. The second-order valence-corrected chi connectivity index (χ2v) is 8.50. The molecule has 0 aliphatic heterocycles. The van der Waals surface area contributed by atoms with Gasteiger partial charge in [0.25, 0.3) is 5.56 Å². The van der Waals surface area contributed by atoms with Crippen molar-refractivity contribution >= 4 is 35.1 Å². The third kappa shape index (κ3) is 6.40. The molecule has 0 aliphatic rings. The molecule has 1 heterocycles. The number of hydrogen-bond acceptors (Lipinski definition) is 6. The van der Waals surface area contributed by atoms with Crippen LogP contribution in [0.3, 0.4) is 0 Å². The van der Waals surface area contributed by atoms with Crippen molar-refractivity contribution in [2.75, 3.05) is 12.4 Å². The second-order valence-electron chi connectivity index (χ2n) is 6.12. The molecular formula is C21H21N3O3S2. The van der Waals surface area contributed by atoms with Crippen LogP contribution in [0.2, 0.25) is 0 Å². The second kappa shape index (κ2) is 10.2. The summed E-state index contributed by atoms with van der Waals surface area (Å²) in [6, 6.07) is 18.6. The minimum Gasteiger partial charge on any atom is -0.497 e. The summed E-state index contributed by atoms with van der Waals surface area (Å²) in [6.45, 7) is 1.77. The third-order valence-corrected chi connectivity index (χ3v) is 5.93. The zero-order chi connectivity index (χ0) is 20.6. The van der Waals surface area contributed by atoms with Crippen LogP contribution in [0.15, 0.2) is 75.5 Å². The van der Waals surface area contributed by atoms with E-state index in [1.807, 2.05) is 30.3 Å². The first-order chi connectivity index (χ1) is 14.0. The molecule has 2 aromatic carbocycles. The van der Waals surface area contributed by atoms with Crippen LogP contribution in [-0.2, 0) is 10.5 Å². The van der Waals surface area contributed by atoms with Crippen molar-refractivity contribution in [3.05, 3.63) is 76.7 Å². The monoisotopic (exact) mass is 427 g/mol. The van der Waals surface area contributed by atoms with Gasteiger partial charge in [0.1, 0.15) is 5.75 Å². The topological polar surface area (TPSA) is 84.1 Å². The Labute approximate surface area is 177 Å². The Bertz CT molecular complexity index is 1020. The van der Waals surface area contributed by atoms with Gasteiger partial charge < -0.3 is 15.0 Å². The van der Waals surface area contributed by atoms with E-state index in [1.54, 1.807) is 50.1 Å². The van der Waals surface area contributed by atoms with Crippen LogP contribution in [0.5, 0.6) is 5.75 Å².